The van der Waals surface area contributed by atoms with E-state index in [0.29, 0.717) is 11.8 Å². The number of hydrogen-bond donors (Lipinski definition) is 2. The highest BCUT2D eigenvalue weighted by atomic mass is 32.2. The lowest BCUT2D eigenvalue weighted by atomic mass is 9.98. The number of nitrogens with two attached hydrogens (primary N) is 1. The van der Waals surface area contributed by atoms with Crippen LogP contribution in [0.25, 0.3) is 0 Å². The smallest absolute Gasteiger partial charge is 0.216 e. The molecule has 0 aliphatic heterocycles. The molecule has 0 saturated heterocycles. The minimum atomic E-state index is -3.51. The lowest BCUT2D eigenvalue weighted by Crippen LogP contribution is -2.41. The van der Waals surface area contributed by atoms with Crippen molar-refractivity contribution in [2.24, 2.45) is 17.0 Å². The largest absolute Gasteiger partial charge is 0.274 e. The van der Waals surface area contributed by atoms with Crippen molar-refractivity contribution in [3.8, 4) is 0 Å². The summed E-state index contributed by atoms with van der Waals surface area (Å²) in [5.41, 5.74) is 0. The number of hydrogen-bond acceptors (Lipinski definition) is 2. The van der Waals surface area contributed by atoms with Gasteiger partial charge in [-0.2, -0.15) is 13.1 Å². The van der Waals surface area contributed by atoms with Gasteiger partial charge in [0, 0.05) is 6.04 Å². The molecule has 0 aromatic heterocycles. The second-order valence-corrected chi connectivity index (χ2v) is 5.01. The van der Waals surface area contributed by atoms with E-state index in [9.17, 15) is 8.42 Å². The van der Waals surface area contributed by atoms with E-state index in [1.54, 1.807) is 0 Å². The van der Waals surface area contributed by atoms with Crippen LogP contribution in [-0.4, -0.2) is 14.5 Å². The topological polar surface area (TPSA) is 72.2 Å². The molecule has 3 N–H and O–H groups in total. The van der Waals surface area contributed by atoms with Crippen LogP contribution in [0.15, 0.2) is 0 Å². The quantitative estimate of drug-likeness (QED) is 0.656. The molecule has 1 saturated carbocycles. The van der Waals surface area contributed by atoms with Gasteiger partial charge >= 0.3 is 0 Å². The van der Waals surface area contributed by atoms with Gasteiger partial charge in [0.15, 0.2) is 0 Å². The molecule has 1 aliphatic carbocycles. The van der Waals surface area contributed by atoms with Crippen LogP contribution in [0.5, 0.6) is 0 Å². The van der Waals surface area contributed by atoms with Crippen molar-refractivity contribution in [1.82, 2.24) is 4.72 Å². The molecule has 0 amide bonds. The van der Waals surface area contributed by atoms with Gasteiger partial charge in [0.2, 0.25) is 0 Å². The molecule has 4 nitrogen and oxygen atoms in total. The van der Waals surface area contributed by atoms with E-state index in [4.69, 9.17) is 5.14 Å². The fourth-order valence-corrected chi connectivity index (χ4v) is 2.50. The second kappa shape index (κ2) is 3.32. The van der Waals surface area contributed by atoms with Crippen molar-refractivity contribution in [3.63, 3.8) is 0 Å². The third-order valence-electron chi connectivity index (χ3n) is 2.78. The predicted molar refractivity (Wildman–Crippen MR) is 47.6 cm³/mol. The number of nitrogens with one attached hydrogen (secondary N) is 1. The summed E-state index contributed by atoms with van der Waals surface area (Å²) in [6, 6.07) is 0.0370. The van der Waals surface area contributed by atoms with Gasteiger partial charge in [0.25, 0.3) is 10.2 Å². The van der Waals surface area contributed by atoms with E-state index >= 15 is 0 Å². The Kier molecular flexibility index (Phi) is 2.75. The zero-order valence-corrected chi connectivity index (χ0v) is 8.26. The summed E-state index contributed by atoms with van der Waals surface area (Å²) in [5, 5.41) is 4.88. The summed E-state index contributed by atoms with van der Waals surface area (Å²) in [4.78, 5) is 0. The Balaban J connectivity index is 2.56. The fourth-order valence-electron chi connectivity index (χ4n) is 1.74. The van der Waals surface area contributed by atoms with Gasteiger partial charge in [-0.05, 0) is 24.7 Å². The first-order chi connectivity index (χ1) is 5.40. The minimum Gasteiger partial charge on any atom is -0.216 e. The Labute approximate surface area is 73.7 Å². The molecule has 0 bridgehead atoms. The fraction of sp³-hybridized carbons (Fsp3) is 1.00. The average Bonchev–Trinajstić information content (AvgIpc) is 2.16. The molecule has 12 heavy (non-hydrogen) atoms. The molecule has 3 atom stereocenters. The lowest BCUT2D eigenvalue weighted by molar-refractivity contribution is 0.402. The molecule has 1 rings (SSSR count). The van der Waals surface area contributed by atoms with Gasteiger partial charge in [-0.15, -0.1) is 0 Å². The summed E-state index contributed by atoms with van der Waals surface area (Å²) in [7, 11) is -3.51. The first kappa shape index (κ1) is 9.95. The van der Waals surface area contributed by atoms with Crippen LogP contribution in [0.2, 0.25) is 0 Å². The maximum atomic E-state index is 10.7. The minimum absolute atomic E-state index is 0.0370. The van der Waals surface area contributed by atoms with Crippen LogP contribution < -0.4 is 9.86 Å². The first-order valence-electron chi connectivity index (χ1n) is 4.20. The third-order valence-corrected chi connectivity index (χ3v) is 3.41. The molecule has 1 aliphatic rings. The molecule has 5 heteroatoms. The van der Waals surface area contributed by atoms with E-state index in [0.717, 1.165) is 12.8 Å². The summed E-state index contributed by atoms with van der Waals surface area (Å²) >= 11 is 0. The van der Waals surface area contributed by atoms with Gasteiger partial charge in [-0.25, -0.2) is 5.14 Å². The van der Waals surface area contributed by atoms with E-state index in [-0.39, 0.29) is 6.04 Å². The second-order valence-electron chi connectivity index (χ2n) is 3.68. The van der Waals surface area contributed by atoms with E-state index in [2.05, 4.69) is 18.6 Å². The molecule has 72 valence electrons. The van der Waals surface area contributed by atoms with Gasteiger partial charge in [0.1, 0.15) is 0 Å². The molecule has 3 unspecified atom stereocenters. The van der Waals surface area contributed by atoms with Crippen LogP contribution in [-0.2, 0) is 10.2 Å². The van der Waals surface area contributed by atoms with Crippen molar-refractivity contribution in [3.05, 3.63) is 0 Å². The van der Waals surface area contributed by atoms with E-state index in [1.165, 1.54) is 0 Å². The highest BCUT2D eigenvalue weighted by molar-refractivity contribution is 7.87. The summed E-state index contributed by atoms with van der Waals surface area (Å²) < 4.78 is 23.9. The maximum absolute atomic E-state index is 10.7. The first-order valence-corrected chi connectivity index (χ1v) is 5.75. The molecule has 0 aromatic rings. The van der Waals surface area contributed by atoms with Gasteiger partial charge in [-0.1, -0.05) is 13.8 Å². The SMILES string of the molecule is CC1CCC(NS(N)(=O)=O)C1C. The van der Waals surface area contributed by atoms with Crippen molar-refractivity contribution < 1.29 is 8.42 Å². The summed E-state index contributed by atoms with van der Waals surface area (Å²) in [6.07, 6.45) is 1.98. The van der Waals surface area contributed by atoms with Crippen molar-refractivity contribution in [1.29, 1.82) is 0 Å². The molecular weight excluding hydrogens is 176 g/mol. The van der Waals surface area contributed by atoms with Crippen LogP contribution in [0.3, 0.4) is 0 Å². The average molecular weight is 192 g/mol. The van der Waals surface area contributed by atoms with Crippen LogP contribution in [0, 0.1) is 11.8 Å². The Morgan fingerprint density at radius 2 is 1.92 bits per heavy atom. The highest BCUT2D eigenvalue weighted by Gasteiger charge is 2.31. The van der Waals surface area contributed by atoms with E-state index in [1.807, 2.05) is 0 Å². The van der Waals surface area contributed by atoms with Gasteiger partial charge < -0.3 is 0 Å². The Morgan fingerprint density at radius 3 is 2.25 bits per heavy atom. The van der Waals surface area contributed by atoms with Crippen LogP contribution in [0.4, 0.5) is 0 Å². The standard InChI is InChI=1S/C7H16N2O2S/c1-5-3-4-7(6(5)2)9-12(8,10)11/h5-7,9H,3-4H2,1-2H3,(H2,8,10,11). The number of rotatable bonds is 2. The van der Waals surface area contributed by atoms with Gasteiger partial charge in [0.05, 0.1) is 0 Å². The molecule has 0 spiro atoms. The molecule has 1 fully saturated rings. The molecule has 0 aromatic carbocycles. The summed E-state index contributed by atoms with van der Waals surface area (Å²) in [6.45, 7) is 4.19. The van der Waals surface area contributed by atoms with Crippen LogP contribution >= 0.6 is 0 Å². The Bertz CT molecular complexity index is 250. The predicted octanol–water partition coefficient (Wildman–Crippen LogP) is 0.214. The molecular formula is C7H16N2O2S. The van der Waals surface area contributed by atoms with Crippen LogP contribution in [0.1, 0.15) is 26.7 Å². The van der Waals surface area contributed by atoms with Gasteiger partial charge in [-0.3, -0.25) is 0 Å². The van der Waals surface area contributed by atoms with Crippen molar-refractivity contribution in [2.75, 3.05) is 0 Å². The van der Waals surface area contributed by atoms with Crippen molar-refractivity contribution >= 4 is 10.2 Å². The zero-order chi connectivity index (χ0) is 9.35. The lowest BCUT2D eigenvalue weighted by Gasteiger charge is -2.17. The highest BCUT2D eigenvalue weighted by Crippen LogP contribution is 2.31. The Hall–Kier alpha value is -0.130. The van der Waals surface area contributed by atoms with Crippen molar-refractivity contribution in [2.45, 2.75) is 32.7 Å². The normalized spacial score (nSPS) is 37.1. The maximum Gasteiger partial charge on any atom is 0.274 e. The van der Waals surface area contributed by atoms with E-state index < -0.39 is 10.2 Å². The summed E-state index contributed by atoms with van der Waals surface area (Å²) in [5.74, 6) is 0.979. The third kappa shape index (κ3) is 2.43. The zero-order valence-electron chi connectivity index (χ0n) is 7.45. The monoisotopic (exact) mass is 192 g/mol. The Morgan fingerprint density at radius 1 is 1.33 bits per heavy atom. The molecule has 0 radical (unpaired) electrons. The molecule has 0 heterocycles.